The van der Waals surface area contributed by atoms with Crippen LogP contribution in [0.1, 0.15) is 6.92 Å². The van der Waals surface area contributed by atoms with Gasteiger partial charge in [0, 0.05) is 22.8 Å². The number of rotatable bonds is 7. The number of nitrogens with one attached hydrogen (secondary N) is 1. The number of ether oxygens (including phenoxy) is 3. The first kappa shape index (κ1) is 20.0. The van der Waals surface area contributed by atoms with Crippen LogP contribution in [0, 0.1) is 0 Å². The SMILES string of the molecule is CCN(CC(=O)Nc1ccc2c(c1)OCCO2)C(=O)COc1cccc(Br)c1. The van der Waals surface area contributed by atoms with E-state index in [1.807, 2.05) is 19.1 Å². The van der Waals surface area contributed by atoms with Gasteiger partial charge in [0.1, 0.15) is 19.0 Å². The Morgan fingerprint density at radius 3 is 2.68 bits per heavy atom. The highest BCUT2D eigenvalue weighted by atomic mass is 79.9. The van der Waals surface area contributed by atoms with Gasteiger partial charge in [-0.2, -0.15) is 0 Å². The molecule has 0 aromatic heterocycles. The minimum atomic E-state index is -0.297. The first-order valence-electron chi connectivity index (χ1n) is 8.91. The van der Waals surface area contributed by atoms with Crippen LogP contribution >= 0.6 is 15.9 Å². The smallest absolute Gasteiger partial charge is 0.260 e. The monoisotopic (exact) mass is 448 g/mol. The van der Waals surface area contributed by atoms with Gasteiger partial charge in [-0.25, -0.2) is 0 Å². The van der Waals surface area contributed by atoms with Crippen LogP contribution in [-0.2, 0) is 9.59 Å². The van der Waals surface area contributed by atoms with Crippen LogP contribution in [0.15, 0.2) is 46.9 Å². The van der Waals surface area contributed by atoms with Gasteiger partial charge in [-0.05, 0) is 37.3 Å². The number of hydrogen-bond acceptors (Lipinski definition) is 5. The van der Waals surface area contributed by atoms with Gasteiger partial charge in [-0.3, -0.25) is 9.59 Å². The first-order chi connectivity index (χ1) is 13.5. The molecular formula is C20H21BrN2O5. The van der Waals surface area contributed by atoms with Crippen molar-refractivity contribution in [2.45, 2.75) is 6.92 Å². The van der Waals surface area contributed by atoms with Crippen LogP contribution in [0.4, 0.5) is 5.69 Å². The Balaban J connectivity index is 1.53. The summed E-state index contributed by atoms with van der Waals surface area (Å²) in [5.41, 5.74) is 0.586. The largest absolute Gasteiger partial charge is 0.486 e. The maximum absolute atomic E-state index is 12.4. The molecule has 3 rings (SSSR count). The average Bonchev–Trinajstić information content (AvgIpc) is 2.70. The average molecular weight is 449 g/mol. The van der Waals surface area contributed by atoms with Crippen molar-refractivity contribution in [2.24, 2.45) is 0 Å². The highest BCUT2D eigenvalue weighted by Crippen LogP contribution is 2.32. The minimum Gasteiger partial charge on any atom is -0.486 e. The Kier molecular flexibility index (Phi) is 6.76. The summed E-state index contributed by atoms with van der Waals surface area (Å²) in [7, 11) is 0. The van der Waals surface area contributed by atoms with E-state index in [0.29, 0.717) is 42.7 Å². The number of fused-ring (bicyclic) bond motifs is 1. The first-order valence-corrected chi connectivity index (χ1v) is 9.70. The molecule has 0 fully saturated rings. The zero-order valence-electron chi connectivity index (χ0n) is 15.4. The molecule has 0 bridgehead atoms. The number of nitrogens with zero attached hydrogens (tertiary/aromatic N) is 1. The molecule has 0 saturated heterocycles. The summed E-state index contributed by atoms with van der Waals surface area (Å²) in [5, 5.41) is 2.78. The van der Waals surface area contributed by atoms with E-state index in [9.17, 15) is 9.59 Å². The van der Waals surface area contributed by atoms with Crippen LogP contribution in [0.3, 0.4) is 0 Å². The van der Waals surface area contributed by atoms with E-state index in [1.165, 1.54) is 4.90 Å². The van der Waals surface area contributed by atoms with Crippen LogP contribution in [0.2, 0.25) is 0 Å². The Labute approximate surface area is 171 Å². The van der Waals surface area contributed by atoms with Gasteiger partial charge in [0.05, 0.1) is 6.54 Å². The molecule has 0 saturated carbocycles. The summed E-state index contributed by atoms with van der Waals surface area (Å²) in [4.78, 5) is 26.2. The number of carbonyl (C=O) groups is 2. The molecule has 0 unspecified atom stereocenters. The molecule has 0 aliphatic carbocycles. The minimum absolute atomic E-state index is 0.0639. The molecule has 1 N–H and O–H groups in total. The Morgan fingerprint density at radius 2 is 1.93 bits per heavy atom. The number of halogens is 1. The van der Waals surface area contributed by atoms with Crippen molar-refractivity contribution in [2.75, 3.05) is 38.2 Å². The summed E-state index contributed by atoms with van der Waals surface area (Å²) >= 11 is 3.35. The van der Waals surface area contributed by atoms with Gasteiger partial charge in [-0.15, -0.1) is 0 Å². The van der Waals surface area contributed by atoms with Crippen molar-refractivity contribution in [1.82, 2.24) is 4.90 Å². The summed E-state index contributed by atoms with van der Waals surface area (Å²) in [6.07, 6.45) is 0. The summed E-state index contributed by atoms with van der Waals surface area (Å²) in [5.74, 6) is 1.27. The molecule has 0 atom stereocenters. The van der Waals surface area contributed by atoms with E-state index in [4.69, 9.17) is 14.2 Å². The second-order valence-electron chi connectivity index (χ2n) is 6.06. The predicted octanol–water partition coefficient (Wildman–Crippen LogP) is 3.09. The summed E-state index contributed by atoms with van der Waals surface area (Å²) in [6.45, 7) is 2.99. The molecule has 2 aromatic rings. The van der Waals surface area contributed by atoms with Gasteiger partial charge in [-0.1, -0.05) is 22.0 Å². The molecule has 148 valence electrons. The van der Waals surface area contributed by atoms with Crippen molar-refractivity contribution in [3.8, 4) is 17.2 Å². The fraction of sp³-hybridized carbons (Fsp3) is 0.300. The molecule has 1 aliphatic rings. The van der Waals surface area contributed by atoms with Gasteiger partial charge in [0.25, 0.3) is 5.91 Å². The maximum Gasteiger partial charge on any atom is 0.260 e. The summed E-state index contributed by atoms with van der Waals surface area (Å²) < 4.78 is 17.3. The van der Waals surface area contributed by atoms with Crippen molar-refractivity contribution in [3.63, 3.8) is 0 Å². The highest BCUT2D eigenvalue weighted by molar-refractivity contribution is 9.10. The molecule has 0 spiro atoms. The Hall–Kier alpha value is -2.74. The molecular weight excluding hydrogens is 428 g/mol. The molecule has 0 radical (unpaired) electrons. The third-order valence-electron chi connectivity index (χ3n) is 4.05. The van der Waals surface area contributed by atoms with E-state index < -0.39 is 0 Å². The Morgan fingerprint density at radius 1 is 1.14 bits per heavy atom. The number of likely N-dealkylation sites (N-methyl/N-ethyl adjacent to an activating group) is 1. The van der Waals surface area contributed by atoms with Crippen molar-refractivity contribution >= 4 is 33.4 Å². The third kappa shape index (κ3) is 5.39. The number of hydrogen-bond donors (Lipinski definition) is 1. The van der Waals surface area contributed by atoms with Gasteiger partial charge in [0.2, 0.25) is 5.91 Å². The van der Waals surface area contributed by atoms with Crippen LogP contribution in [-0.4, -0.2) is 49.6 Å². The van der Waals surface area contributed by atoms with Crippen LogP contribution < -0.4 is 19.5 Å². The van der Waals surface area contributed by atoms with Crippen molar-refractivity contribution in [1.29, 1.82) is 0 Å². The van der Waals surface area contributed by atoms with E-state index >= 15 is 0 Å². The lowest BCUT2D eigenvalue weighted by atomic mass is 10.2. The summed E-state index contributed by atoms with van der Waals surface area (Å²) in [6, 6.07) is 12.4. The second-order valence-corrected chi connectivity index (χ2v) is 6.98. The number of carbonyl (C=O) groups excluding carboxylic acids is 2. The van der Waals surface area contributed by atoms with Crippen LogP contribution in [0.5, 0.6) is 17.2 Å². The molecule has 1 aliphatic heterocycles. The fourth-order valence-corrected chi connectivity index (χ4v) is 3.04. The van der Waals surface area contributed by atoms with E-state index in [2.05, 4.69) is 21.2 Å². The van der Waals surface area contributed by atoms with Gasteiger partial charge >= 0.3 is 0 Å². The lowest BCUT2D eigenvalue weighted by Gasteiger charge is -2.21. The topological polar surface area (TPSA) is 77.1 Å². The Bertz CT molecular complexity index is 858. The normalized spacial score (nSPS) is 12.2. The quantitative estimate of drug-likeness (QED) is 0.703. The zero-order valence-corrected chi connectivity index (χ0v) is 17.0. The lowest BCUT2D eigenvalue weighted by molar-refractivity contribution is -0.136. The predicted molar refractivity (Wildman–Crippen MR) is 108 cm³/mol. The third-order valence-corrected chi connectivity index (χ3v) is 4.55. The lowest BCUT2D eigenvalue weighted by Crippen LogP contribution is -2.40. The highest BCUT2D eigenvalue weighted by Gasteiger charge is 2.18. The second kappa shape index (κ2) is 9.45. The maximum atomic E-state index is 12.4. The van der Waals surface area contributed by atoms with Crippen molar-refractivity contribution in [3.05, 3.63) is 46.9 Å². The molecule has 7 nitrogen and oxygen atoms in total. The van der Waals surface area contributed by atoms with E-state index in [0.717, 1.165) is 4.47 Å². The van der Waals surface area contributed by atoms with Crippen molar-refractivity contribution < 1.29 is 23.8 Å². The molecule has 28 heavy (non-hydrogen) atoms. The fourth-order valence-electron chi connectivity index (χ4n) is 2.66. The standard InChI is InChI=1S/C20H21BrN2O5/c1-2-23(20(25)13-28-16-5-3-4-14(21)10-16)12-19(24)22-15-6-7-17-18(11-15)27-9-8-26-17/h3-7,10-11H,2,8-9,12-13H2,1H3,(H,22,24). The van der Waals surface area contributed by atoms with E-state index in [1.54, 1.807) is 30.3 Å². The van der Waals surface area contributed by atoms with Crippen LogP contribution in [0.25, 0.3) is 0 Å². The van der Waals surface area contributed by atoms with Gasteiger partial charge in [0.15, 0.2) is 18.1 Å². The molecule has 8 heteroatoms. The number of anilines is 1. The number of benzene rings is 2. The zero-order chi connectivity index (χ0) is 19.9. The molecule has 2 amide bonds. The number of amides is 2. The van der Waals surface area contributed by atoms with E-state index in [-0.39, 0.29) is 25.0 Å². The molecule has 2 aromatic carbocycles. The molecule has 1 heterocycles. The van der Waals surface area contributed by atoms with Gasteiger partial charge < -0.3 is 24.4 Å².